The van der Waals surface area contributed by atoms with Crippen LogP contribution in [0.3, 0.4) is 0 Å². The average molecular weight is 338 g/mol. The van der Waals surface area contributed by atoms with Gasteiger partial charge in [0.2, 0.25) is 0 Å². The number of hydrogen-bond acceptors (Lipinski definition) is 5. The minimum Gasteiger partial charge on any atom is -0.497 e. The monoisotopic (exact) mass is 338 g/mol. The Morgan fingerprint density at radius 2 is 1.72 bits per heavy atom. The minimum absolute atomic E-state index is 0.622. The third kappa shape index (κ3) is 3.60. The average Bonchev–Trinajstić information content (AvgIpc) is 2.62. The predicted octanol–water partition coefficient (Wildman–Crippen LogP) is 4.70. The van der Waals surface area contributed by atoms with Gasteiger partial charge in [-0.2, -0.15) is 0 Å². The van der Waals surface area contributed by atoms with Crippen molar-refractivity contribution in [2.24, 2.45) is 0 Å². The lowest BCUT2D eigenvalue weighted by molar-refractivity contribution is 0.340. The van der Waals surface area contributed by atoms with Crippen molar-refractivity contribution < 1.29 is 14.2 Å². The highest BCUT2D eigenvalue weighted by molar-refractivity contribution is 5.94. The Morgan fingerprint density at radius 1 is 0.920 bits per heavy atom. The van der Waals surface area contributed by atoms with Crippen molar-refractivity contribution >= 4 is 22.3 Å². The maximum Gasteiger partial charge on any atom is 0.142 e. The van der Waals surface area contributed by atoms with Crippen LogP contribution in [0, 0.1) is 6.92 Å². The Labute approximate surface area is 147 Å². The molecule has 0 aliphatic carbocycles. The van der Waals surface area contributed by atoms with Gasteiger partial charge < -0.3 is 19.5 Å². The van der Waals surface area contributed by atoms with Crippen LogP contribution in [0.1, 0.15) is 12.6 Å². The first-order valence-electron chi connectivity index (χ1n) is 8.18. The van der Waals surface area contributed by atoms with Crippen LogP contribution in [-0.2, 0) is 0 Å². The van der Waals surface area contributed by atoms with Gasteiger partial charge in [-0.25, -0.2) is 0 Å². The second-order valence-corrected chi connectivity index (χ2v) is 5.61. The zero-order valence-corrected chi connectivity index (χ0v) is 14.9. The molecule has 1 N–H and O–H groups in total. The van der Waals surface area contributed by atoms with E-state index in [0.29, 0.717) is 6.61 Å². The number of methoxy groups -OCH3 is 2. The molecule has 0 fully saturated rings. The molecule has 0 amide bonds. The third-order valence-electron chi connectivity index (χ3n) is 3.90. The molecule has 0 spiro atoms. The molecule has 3 rings (SSSR count). The van der Waals surface area contributed by atoms with Crippen LogP contribution >= 0.6 is 0 Å². The van der Waals surface area contributed by atoms with Gasteiger partial charge in [0.05, 0.1) is 32.0 Å². The molecule has 1 aromatic heterocycles. The van der Waals surface area contributed by atoms with E-state index in [2.05, 4.69) is 10.3 Å². The molecule has 0 radical (unpaired) electrons. The number of nitrogens with one attached hydrogen (secondary N) is 1. The van der Waals surface area contributed by atoms with E-state index in [1.165, 1.54) is 0 Å². The molecule has 0 unspecified atom stereocenters. The molecule has 1 heterocycles. The van der Waals surface area contributed by atoms with E-state index in [-0.39, 0.29) is 0 Å². The van der Waals surface area contributed by atoms with E-state index in [1.807, 2.05) is 56.3 Å². The van der Waals surface area contributed by atoms with Gasteiger partial charge in [0.25, 0.3) is 0 Å². The fraction of sp³-hybridized carbons (Fsp3) is 0.250. The smallest absolute Gasteiger partial charge is 0.142 e. The summed E-state index contributed by atoms with van der Waals surface area (Å²) in [6.07, 6.45) is 0. The summed E-state index contributed by atoms with van der Waals surface area (Å²) in [5.41, 5.74) is 3.61. The van der Waals surface area contributed by atoms with Crippen LogP contribution in [-0.4, -0.2) is 25.8 Å². The summed E-state index contributed by atoms with van der Waals surface area (Å²) < 4.78 is 16.4. The summed E-state index contributed by atoms with van der Waals surface area (Å²) in [5.74, 6) is 2.32. The van der Waals surface area contributed by atoms with Crippen molar-refractivity contribution in [3.8, 4) is 17.2 Å². The van der Waals surface area contributed by atoms with Crippen LogP contribution in [0.25, 0.3) is 10.9 Å². The van der Waals surface area contributed by atoms with Crippen LogP contribution < -0.4 is 19.5 Å². The largest absolute Gasteiger partial charge is 0.497 e. The number of hydrogen-bond donors (Lipinski definition) is 1. The minimum atomic E-state index is 0.622. The number of rotatable bonds is 6. The second kappa shape index (κ2) is 7.30. The SMILES string of the molecule is CCOc1ccc2nc(C)cc(Nc3cc(OC)ccc3OC)c2c1. The quantitative estimate of drug-likeness (QED) is 0.706. The number of benzene rings is 2. The van der Waals surface area contributed by atoms with Gasteiger partial charge in [-0.15, -0.1) is 0 Å². The number of aryl methyl sites for hydroxylation is 1. The molecular weight excluding hydrogens is 316 g/mol. The number of aromatic nitrogens is 1. The first-order valence-corrected chi connectivity index (χ1v) is 8.18. The Bertz CT molecular complexity index is 893. The third-order valence-corrected chi connectivity index (χ3v) is 3.90. The van der Waals surface area contributed by atoms with Gasteiger partial charge in [0, 0.05) is 22.8 Å². The Morgan fingerprint density at radius 3 is 2.44 bits per heavy atom. The highest BCUT2D eigenvalue weighted by Crippen LogP contribution is 2.35. The van der Waals surface area contributed by atoms with Crippen molar-refractivity contribution in [2.75, 3.05) is 26.1 Å². The molecule has 25 heavy (non-hydrogen) atoms. The van der Waals surface area contributed by atoms with Gasteiger partial charge in [0.15, 0.2) is 0 Å². The van der Waals surface area contributed by atoms with E-state index in [0.717, 1.165) is 45.2 Å². The Hall–Kier alpha value is -2.95. The summed E-state index contributed by atoms with van der Waals surface area (Å²) in [6.45, 7) is 4.57. The zero-order valence-electron chi connectivity index (χ0n) is 14.9. The van der Waals surface area contributed by atoms with Gasteiger partial charge in [-0.05, 0) is 50.2 Å². The second-order valence-electron chi connectivity index (χ2n) is 5.61. The van der Waals surface area contributed by atoms with Crippen LogP contribution in [0.4, 0.5) is 11.4 Å². The summed E-state index contributed by atoms with van der Waals surface area (Å²) in [5, 5.41) is 4.44. The van der Waals surface area contributed by atoms with Gasteiger partial charge >= 0.3 is 0 Å². The molecule has 5 nitrogen and oxygen atoms in total. The van der Waals surface area contributed by atoms with E-state index in [9.17, 15) is 0 Å². The summed E-state index contributed by atoms with van der Waals surface area (Å²) in [6, 6.07) is 13.6. The molecule has 130 valence electrons. The molecule has 0 saturated carbocycles. The summed E-state index contributed by atoms with van der Waals surface area (Å²) in [4.78, 5) is 4.60. The van der Waals surface area contributed by atoms with Crippen LogP contribution in [0.2, 0.25) is 0 Å². The van der Waals surface area contributed by atoms with E-state index in [1.54, 1.807) is 14.2 Å². The molecule has 2 aromatic carbocycles. The van der Waals surface area contributed by atoms with E-state index < -0.39 is 0 Å². The highest BCUT2D eigenvalue weighted by Gasteiger charge is 2.10. The molecule has 0 atom stereocenters. The normalized spacial score (nSPS) is 10.6. The van der Waals surface area contributed by atoms with Gasteiger partial charge in [0.1, 0.15) is 17.2 Å². The fourth-order valence-corrected chi connectivity index (χ4v) is 2.75. The maximum atomic E-state index is 5.63. The molecular formula is C20H22N2O3. The van der Waals surface area contributed by atoms with E-state index in [4.69, 9.17) is 14.2 Å². The molecule has 3 aromatic rings. The van der Waals surface area contributed by atoms with Crippen molar-refractivity contribution in [3.63, 3.8) is 0 Å². The molecule has 0 aliphatic rings. The summed E-state index contributed by atoms with van der Waals surface area (Å²) >= 11 is 0. The Balaban J connectivity index is 2.10. The lowest BCUT2D eigenvalue weighted by atomic mass is 10.1. The predicted molar refractivity (Wildman–Crippen MR) is 100 cm³/mol. The lowest BCUT2D eigenvalue weighted by Crippen LogP contribution is -1.99. The van der Waals surface area contributed by atoms with Crippen molar-refractivity contribution in [2.45, 2.75) is 13.8 Å². The van der Waals surface area contributed by atoms with E-state index >= 15 is 0 Å². The van der Waals surface area contributed by atoms with Gasteiger partial charge in [-0.3, -0.25) is 4.98 Å². The topological polar surface area (TPSA) is 52.6 Å². The van der Waals surface area contributed by atoms with Crippen LogP contribution in [0.5, 0.6) is 17.2 Å². The van der Waals surface area contributed by atoms with Crippen LogP contribution in [0.15, 0.2) is 42.5 Å². The first kappa shape index (κ1) is 16.9. The number of ether oxygens (including phenoxy) is 3. The number of pyridine rings is 1. The number of fused-ring (bicyclic) bond motifs is 1. The number of nitrogens with zero attached hydrogens (tertiary/aromatic N) is 1. The molecule has 0 bridgehead atoms. The fourth-order valence-electron chi connectivity index (χ4n) is 2.75. The van der Waals surface area contributed by atoms with Crippen molar-refractivity contribution in [1.29, 1.82) is 0 Å². The van der Waals surface area contributed by atoms with Crippen molar-refractivity contribution in [1.82, 2.24) is 4.98 Å². The zero-order chi connectivity index (χ0) is 17.8. The molecule has 5 heteroatoms. The van der Waals surface area contributed by atoms with Gasteiger partial charge in [-0.1, -0.05) is 0 Å². The molecule has 0 saturated heterocycles. The number of anilines is 2. The molecule has 0 aliphatic heterocycles. The Kier molecular flexibility index (Phi) is 4.93. The lowest BCUT2D eigenvalue weighted by Gasteiger charge is -2.15. The summed E-state index contributed by atoms with van der Waals surface area (Å²) in [7, 11) is 3.29. The highest BCUT2D eigenvalue weighted by atomic mass is 16.5. The first-order chi connectivity index (χ1) is 12.1. The maximum absolute atomic E-state index is 5.63. The standard InChI is InChI=1S/C20H22N2O3/c1-5-25-15-6-8-17-16(11-15)18(10-13(2)21-17)22-19-12-14(23-3)7-9-20(19)24-4/h6-12H,5H2,1-4H3,(H,21,22). The van der Waals surface area contributed by atoms with Crippen molar-refractivity contribution in [3.05, 3.63) is 48.2 Å².